The zero-order valence-corrected chi connectivity index (χ0v) is 25.0. The summed E-state index contributed by atoms with van der Waals surface area (Å²) in [5.74, 6) is 0.717. The van der Waals surface area contributed by atoms with Gasteiger partial charge in [-0.3, -0.25) is 19.8 Å². The van der Waals surface area contributed by atoms with E-state index in [4.69, 9.17) is 15.6 Å². The number of anilines is 2. The quantitative estimate of drug-likeness (QED) is 0.203. The van der Waals surface area contributed by atoms with Gasteiger partial charge in [-0.2, -0.15) is 5.10 Å². The molecule has 1 atom stereocenters. The number of carbonyl (C=O) groups is 2. The van der Waals surface area contributed by atoms with Gasteiger partial charge in [0.15, 0.2) is 11.5 Å². The molecule has 46 heavy (non-hydrogen) atoms. The molecule has 1 unspecified atom stereocenters. The van der Waals surface area contributed by atoms with Crippen molar-refractivity contribution >= 4 is 34.4 Å². The Balaban J connectivity index is 1.05. The van der Waals surface area contributed by atoms with Gasteiger partial charge in [0.05, 0.1) is 17.1 Å². The first-order chi connectivity index (χ1) is 22.4. The van der Waals surface area contributed by atoms with E-state index in [-0.39, 0.29) is 29.9 Å². The van der Waals surface area contributed by atoms with Crippen LogP contribution in [-0.4, -0.2) is 55.6 Å². The summed E-state index contributed by atoms with van der Waals surface area (Å²) >= 11 is 0. The van der Waals surface area contributed by atoms with E-state index in [0.29, 0.717) is 46.8 Å². The van der Waals surface area contributed by atoms with Crippen LogP contribution in [0.4, 0.5) is 15.9 Å². The highest BCUT2D eigenvalue weighted by atomic mass is 19.1. The zero-order valence-electron chi connectivity index (χ0n) is 25.0. The summed E-state index contributed by atoms with van der Waals surface area (Å²) in [6.45, 7) is 1.90. The number of nitrogens with two attached hydrogens (primary N) is 1. The molecular formula is C34H33FN8O3. The van der Waals surface area contributed by atoms with Crippen LogP contribution in [0.1, 0.15) is 37.3 Å². The van der Waals surface area contributed by atoms with Gasteiger partial charge in [-0.05, 0) is 61.7 Å². The molecule has 0 saturated carbocycles. The summed E-state index contributed by atoms with van der Waals surface area (Å²) in [5, 5.41) is 11.0. The second kappa shape index (κ2) is 12.6. The number of fused-ring (bicyclic) bond motifs is 1. The van der Waals surface area contributed by atoms with Crippen molar-refractivity contribution in [3.63, 3.8) is 0 Å². The van der Waals surface area contributed by atoms with Gasteiger partial charge in [-0.25, -0.2) is 19.0 Å². The van der Waals surface area contributed by atoms with Crippen LogP contribution in [0, 0.1) is 5.82 Å². The molecule has 2 aromatic heterocycles. The summed E-state index contributed by atoms with van der Waals surface area (Å²) < 4.78 is 23.4. The van der Waals surface area contributed by atoms with Crippen LogP contribution in [0.5, 0.6) is 11.5 Å². The van der Waals surface area contributed by atoms with Gasteiger partial charge in [0.25, 0.3) is 0 Å². The number of carbonyl (C=O) groups excluding carboxylic acids is 2. The SMILES string of the molecule is Nc1ncnc2c1c(-c1ccc(Oc3ccccc3)cc1)nn2C1CCN(Cc2cccc(NC3CCC(=O)NC3=O)c2F)CC1. The Hall–Kier alpha value is -5.36. The van der Waals surface area contributed by atoms with Crippen LogP contribution < -0.4 is 21.1 Å². The molecule has 4 heterocycles. The third kappa shape index (κ3) is 5.98. The first-order valence-electron chi connectivity index (χ1n) is 15.3. The third-order valence-corrected chi connectivity index (χ3v) is 8.57. The number of aromatic nitrogens is 4. The molecule has 2 amide bonds. The van der Waals surface area contributed by atoms with Crippen molar-refractivity contribution in [3.8, 4) is 22.8 Å². The van der Waals surface area contributed by atoms with E-state index in [1.54, 1.807) is 18.2 Å². The highest BCUT2D eigenvalue weighted by Crippen LogP contribution is 2.35. The van der Waals surface area contributed by atoms with Gasteiger partial charge in [0, 0.05) is 37.2 Å². The summed E-state index contributed by atoms with van der Waals surface area (Å²) in [7, 11) is 0. The molecule has 4 N–H and O–H groups in total. The lowest BCUT2D eigenvalue weighted by molar-refractivity contribution is -0.133. The number of likely N-dealkylation sites (tertiary alicyclic amines) is 1. The van der Waals surface area contributed by atoms with Crippen LogP contribution >= 0.6 is 0 Å². The molecule has 0 aliphatic carbocycles. The number of hydrogen-bond acceptors (Lipinski definition) is 9. The van der Waals surface area contributed by atoms with Gasteiger partial charge in [-0.1, -0.05) is 30.3 Å². The molecule has 0 spiro atoms. The smallest absolute Gasteiger partial charge is 0.249 e. The van der Waals surface area contributed by atoms with Crippen molar-refractivity contribution in [3.05, 3.63) is 90.5 Å². The Morgan fingerprint density at radius 2 is 1.70 bits per heavy atom. The molecule has 2 aliphatic heterocycles. The first-order valence-corrected chi connectivity index (χ1v) is 15.3. The van der Waals surface area contributed by atoms with Gasteiger partial charge in [0.2, 0.25) is 11.8 Å². The Morgan fingerprint density at radius 1 is 0.935 bits per heavy atom. The van der Waals surface area contributed by atoms with Crippen molar-refractivity contribution in [1.82, 2.24) is 30.0 Å². The van der Waals surface area contributed by atoms with Crippen LogP contribution in [-0.2, 0) is 16.1 Å². The Morgan fingerprint density at radius 3 is 2.46 bits per heavy atom. The second-order valence-corrected chi connectivity index (χ2v) is 11.6. The fourth-order valence-corrected chi connectivity index (χ4v) is 6.15. The number of nitrogen functional groups attached to an aromatic ring is 1. The fourth-order valence-electron chi connectivity index (χ4n) is 6.15. The maximum atomic E-state index is 15.5. The van der Waals surface area contributed by atoms with E-state index in [9.17, 15) is 9.59 Å². The van der Waals surface area contributed by atoms with E-state index in [0.717, 1.165) is 37.2 Å². The molecule has 5 aromatic rings. The minimum atomic E-state index is -0.648. The lowest BCUT2D eigenvalue weighted by Gasteiger charge is -2.32. The van der Waals surface area contributed by atoms with Crippen molar-refractivity contribution < 1.29 is 18.7 Å². The maximum Gasteiger partial charge on any atom is 0.249 e. The molecule has 11 nitrogen and oxygen atoms in total. The Kier molecular flexibility index (Phi) is 8.02. The summed E-state index contributed by atoms with van der Waals surface area (Å²) in [6, 6.07) is 21.9. The van der Waals surface area contributed by atoms with E-state index >= 15 is 4.39 Å². The fraction of sp³-hybridized carbons (Fsp3) is 0.265. The number of nitrogens with one attached hydrogen (secondary N) is 2. The number of rotatable bonds is 8. The summed E-state index contributed by atoms with van der Waals surface area (Å²) in [4.78, 5) is 34.7. The van der Waals surface area contributed by atoms with Gasteiger partial charge < -0.3 is 15.8 Å². The molecule has 0 radical (unpaired) electrons. The second-order valence-electron chi connectivity index (χ2n) is 11.6. The number of para-hydroxylation sites is 1. The number of amides is 2. The minimum Gasteiger partial charge on any atom is -0.457 e. The zero-order chi connectivity index (χ0) is 31.6. The number of piperidine rings is 2. The predicted octanol–water partition coefficient (Wildman–Crippen LogP) is 5.06. The van der Waals surface area contributed by atoms with E-state index in [1.807, 2.05) is 59.3 Å². The molecule has 234 valence electrons. The lowest BCUT2D eigenvalue weighted by Crippen LogP contribution is -2.47. The van der Waals surface area contributed by atoms with Crippen LogP contribution in [0.25, 0.3) is 22.3 Å². The normalized spacial score (nSPS) is 17.6. The van der Waals surface area contributed by atoms with Crippen molar-refractivity contribution in [2.75, 3.05) is 24.1 Å². The van der Waals surface area contributed by atoms with Crippen LogP contribution in [0.15, 0.2) is 79.1 Å². The first kappa shape index (κ1) is 29.4. The number of nitrogens with zero attached hydrogens (tertiary/aromatic N) is 5. The lowest BCUT2D eigenvalue weighted by atomic mass is 10.0. The van der Waals surface area contributed by atoms with Gasteiger partial charge in [-0.15, -0.1) is 0 Å². The van der Waals surface area contributed by atoms with Gasteiger partial charge >= 0.3 is 0 Å². The predicted molar refractivity (Wildman–Crippen MR) is 171 cm³/mol. The average molecular weight is 621 g/mol. The Bertz CT molecular complexity index is 1890. The van der Waals surface area contributed by atoms with Crippen LogP contribution in [0.3, 0.4) is 0 Å². The monoisotopic (exact) mass is 620 g/mol. The molecule has 3 aromatic carbocycles. The van der Waals surface area contributed by atoms with Gasteiger partial charge in [0.1, 0.15) is 35.4 Å². The molecule has 2 fully saturated rings. The molecule has 12 heteroatoms. The van der Waals surface area contributed by atoms with Crippen molar-refractivity contribution in [2.24, 2.45) is 0 Å². The number of imide groups is 1. The van der Waals surface area contributed by atoms with Crippen molar-refractivity contribution in [2.45, 2.75) is 44.3 Å². The molecule has 0 bridgehead atoms. The maximum absolute atomic E-state index is 15.5. The largest absolute Gasteiger partial charge is 0.457 e. The average Bonchev–Trinajstić information content (AvgIpc) is 3.46. The van der Waals surface area contributed by atoms with Crippen LogP contribution in [0.2, 0.25) is 0 Å². The summed E-state index contributed by atoms with van der Waals surface area (Å²) in [5.41, 5.74) is 9.44. The number of benzene rings is 3. The highest BCUT2D eigenvalue weighted by Gasteiger charge is 2.29. The molecule has 2 aliphatic rings. The summed E-state index contributed by atoms with van der Waals surface area (Å²) in [6.07, 6.45) is 3.60. The third-order valence-electron chi connectivity index (χ3n) is 8.57. The number of ether oxygens (including phenoxy) is 1. The molecule has 7 rings (SSSR count). The Labute approximate surface area is 264 Å². The standard InChI is InChI=1S/C34H33FN8O3/c35-30-22(5-4-8-26(30)39-27-13-14-28(44)40-34(27)45)19-42-17-15-23(16-18-42)43-33-29(32(36)37-20-38-33)31(41-43)21-9-11-25(12-10-21)46-24-6-2-1-3-7-24/h1-12,20,23,27,39H,13-19H2,(H2,36,37,38)(H,40,44,45). The number of halogens is 1. The number of hydrogen-bond donors (Lipinski definition) is 3. The van der Waals surface area contributed by atoms with E-state index in [1.165, 1.54) is 6.33 Å². The molecular weight excluding hydrogens is 587 g/mol. The van der Waals surface area contributed by atoms with Crippen molar-refractivity contribution in [1.29, 1.82) is 0 Å². The topological polar surface area (TPSA) is 140 Å². The minimum absolute atomic E-state index is 0.0767. The molecule has 2 saturated heterocycles. The van der Waals surface area contributed by atoms with E-state index in [2.05, 4.69) is 25.5 Å². The highest BCUT2D eigenvalue weighted by molar-refractivity contribution is 6.01. The van der Waals surface area contributed by atoms with E-state index < -0.39 is 11.9 Å².